The molecule has 0 bridgehead atoms. The molecule has 2 N–H and O–H groups in total. The van der Waals surface area contributed by atoms with E-state index in [0.29, 0.717) is 32.7 Å². The van der Waals surface area contributed by atoms with Gasteiger partial charge in [-0.15, -0.1) is 0 Å². The number of nitrogens with one attached hydrogen (secondary N) is 2. The van der Waals surface area contributed by atoms with Crippen molar-refractivity contribution in [2.75, 3.05) is 7.11 Å². The number of hydrogen-bond acceptors (Lipinski definition) is 5. The van der Waals surface area contributed by atoms with Crippen LogP contribution < -0.4 is 20.1 Å². The number of amides is 4. The smallest absolute Gasteiger partial charge is 0.328 e. The summed E-state index contributed by atoms with van der Waals surface area (Å²) in [5.74, 6) is -0.749. The number of carbonyl (C=O) groups is 3. The lowest BCUT2D eigenvalue weighted by Gasteiger charge is -2.15. The molecule has 0 aliphatic carbocycles. The monoisotopic (exact) mass is 420 g/mol. The highest BCUT2D eigenvalue weighted by atomic mass is 35.5. The van der Waals surface area contributed by atoms with E-state index in [1.165, 1.54) is 13.2 Å². The Kier molecular flexibility index (Phi) is 5.87. The van der Waals surface area contributed by atoms with E-state index in [4.69, 9.17) is 32.7 Å². The van der Waals surface area contributed by atoms with Gasteiger partial charge in [-0.1, -0.05) is 35.3 Å². The van der Waals surface area contributed by atoms with Gasteiger partial charge in [-0.2, -0.15) is 0 Å². The number of imide groups is 2. The molecule has 1 fully saturated rings. The molecule has 1 saturated heterocycles. The van der Waals surface area contributed by atoms with Crippen LogP contribution in [-0.2, 0) is 16.2 Å². The summed E-state index contributed by atoms with van der Waals surface area (Å²) in [6, 6.07) is 9.16. The maximum Gasteiger partial charge on any atom is 0.328 e. The lowest BCUT2D eigenvalue weighted by atomic mass is 10.1. The van der Waals surface area contributed by atoms with Crippen LogP contribution in [0.4, 0.5) is 4.79 Å². The van der Waals surface area contributed by atoms with Gasteiger partial charge in [-0.3, -0.25) is 20.2 Å². The zero-order valence-electron chi connectivity index (χ0n) is 14.5. The third kappa shape index (κ3) is 4.27. The van der Waals surface area contributed by atoms with Crippen LogP contribution in [0.2, 0.25) is 10.0 Å². The number of barbiturate groups is 1. The molecule has 7 nitrogen and oxygen atoms in total. The Bertz CT molecular complexity index is 962. The summed E-state index contributed by atoms with van der Waals surface area (Å²) in [4.78, 5) is 34.8. The van der Waals surface area contributed by atoms with E-state index < -0.39 is 17.8 Å². The zero-order valence-corrected chi connectivity index (χ0v) is 16.1. The van der Waals surface area contributed by atoms with Crippen molar-refractivity contribution < 1.29 is 23.9 Å². The molecule has 4 amide bonds. The predicted molar refractivity (Wildman–Crippen MR) is 103 cm³/mol. The van der Waals surface area contributed by atoms with Crippen molar-refractivity contribution in [3.05, 3.63) is 63.1 Å². The topological polar surface area (TPSA) is 93.7 Å². The molecular weight excluding hydrogens is 407 g/mol. The van der Waals surface area contributed by atoms with Gasteiger partial charge in [0.1, 0.15) is 12.2 Å². The van der Waals surface area contributed by atoms with Crippen LogP contribution in [0, 0.1) is 0 Å². The summed E-state index contributed by atoms with van der Waals surface area (Å²) in [5.41, 5.74) is 0.951. The summed E-state index contributed by atoms with van der Waals surface area (Å²) >= 11 is 12.3. The first-order chi connectivity index (χ1) is 13.4. The average Bonchev–Trinajstić information content (AvgIpc) is 2.64. The second kappa shape index (κ2) is 8.33. The maximum atomic E-state index is 11.8. The Morgan fingerprint density at radius 1 is 0.964 bits per heavy atom. The molecule has 0 aromatic heterocycles. The fourth-order valence-electron chi connectivity index (χ4n) is 2.49. The molecule has 0 spiro atoms. The summed E-state index contributed by atoms with van der Waals surface area (Å²) in [5, 5.41) is 4.99. The highest BCUT2D eigenvalue weighted by Gasteiger charge is 2.27. The molecule has 0 radical (unpaired) electrons. The third-order valence-corrected chi connectivity index (χ3v) is 4.58. The molecule has 0 unspecified atom stereocenters. The van der Waals surface area contributed by atoms with Gasteiger partial charge in [0.15, 0.2) is 11.5 Å². The average molecular weight is 421 g/mol. The summed E-state index contributed by atoms with van der Waals surface area (Å²) in [6.45, 7) is 0.127. The number of ether oxygens (including phenoxy) is 2. The Morgan fingerprint density at radius 3 is 2.21 bits per heavy atom. The van der Waals surface area contributed by atoms with E-state index in [9.17, 15) is 14.4 Å². The van der Waals surface area contributed by atoms with Crippen LogP contribution in [0.3, 0.4) is 0 Å². The second-order valence-corrected chi connectivity index (χ2v) is 6.51. The van der Waals surface area contributed by atoms with Crippen molar-refractivity contribution in [3.63, 3.8) is 0 Å². The summed E-state index contributed by atoms with van der Waals surface area (Å²) in [7, 11) is 1.46. The Balaban J connectivity index is 1.83. The Hall–Kier alpha value is -3.03. The van der Waals surface area contributed by atoms with Crippen LogP contribution >= 0.6 is 23.2 Å². The van der Waals surface area contributed by atoms with E-state index in [1.54, 1.807) is 36.4 Å². The number of carbonyl (C=O) groups excluding carboxylic acids is 3. The van der Waals surface area contributed by atoms with Crippen molar-refractivity contribution >= 4 is 47.1 Å². The largest absolute Gasteiger partial charge is 0.493 e. The number of urea groups is 1. The SMILES string of the molecule is COc1cc(C=C2C(=O)NC(=O)NC2=O)ccc1OCc1c(Cl)cccc1Cl. The van der Waals surface area contributed by atoms with E-state index in [1.807, 2.05) is 10.6 Å². The van der Waals surface area contributed by atoms with Crippen molar-refractivity contribution in [1.82, 2.24) is 10.6 Å². The molecule has 0 saturated carbocycles. The van der Waals surface area contributed by atoms with Crippen LogP contribution in [0.5, 0.6) is 11.5 Å². The van der Waals surface area contributed by atoms with Crippen molar-refractivity contribution in [2.24, 2.45) is 0 Å². The van der Waals surface area contributed by atoms with Gasteiger partial charge in [0.25, 0.3) is 11.8 Å². The minimum atomic E-state index is -0.855. The van der Waals surface area contributed by atoms with E-state index in [2.05, 4.69) is 0 Å². The Morgan fingerprint density at radius 2 is 1.61 bits per heavy atom. The molecule has 28 heavy (non-hydrogen) atoms. The van der Waals surface area contributed by atoms with Crippen LogP contribution in [0.1, 0.15) is 11.1 Å². The first-order valence-electron chi connectivity index (χ1n) is 8.01. The maximum absolute atomic E-state index is 11.8. The van der Waals surface area contributed by atoms with Crippen LogP contribution in [-0.4, -0.2) is 25.0 Å². The molecule has 144 valence electrons. The predicted octanol–water partition coefficient (Wildman–Crippen LogP) is 3.33. The van der Waals surface area contributed by atoms with Crippen molar-refractivity contribution in [2.45, 2.75) is 6.61 Å². The lowest BCUT2D eigenvalue weighted by Crippen LogP contribution is -2.51. The molecule has 0 atom stereocenters. The van der Waals surface area contributed by atoms with Gasteiger partial charge in [0.2, 0.25) is 0 Å². The standard InChI is InChI=1S/C19H14Cl2N2O5/c1-27-16-8-10(7-11-17(24)22-19(26)23-18(11)25)5-6-15(16)28-9-12-13(20)3-2-4-14(12)21/h2-8H,9H2,1H3,(H2,22,23,24,25,26). The van der Waals surface area contributed by atoms with Crippen molar-refractivity contribution in [1.29, 1.82) is 0 Å². The van der Waals surface area contributed by atoms with E-state index in [-0.39, 0.29) is 12.2 Å². The lowest BCUT2D eigenvalue weighted by molar-refractivity contribution is -0.123. The van der Waals surface area contributed by atoms with Crippen LogP contribution in [0.25, 0.3) is 6.08 Å². The third-order valence-electron chi connectivity index (χ3n) is 3.88. The van der Waals surface area contributed by atoms with E-state index >= 15 is 0 Å². The number of hydrogen-bond donors (Lipinski definition) is 2. The van der Waals surface area contributed by atoms with Gasteiger partial charge in [-0.05, 0) is 35.9 Å². The second-order valence-electron chi connectivity index (χ2n) is 5.69. The number of halogens is 2. The van der Waals surface area contributed by atoms with E-state index in [0.717, 1.165) is 0 Å². The summed E-state index contributed by atoms with van der Waals surface area (Å²) < 4.78 is 11.1. The number of rotatable bonds is 5. The molecule has 1 aliphatic heterocycles. The molecular formula is C19H14Cl2N2O5. The fraction of sp³-hybridized carbons (Fsp3) is 0.105. The molecule has 2 aromatic rings. The number of methoxy groups -OCH3 is 1. The first kappa shape index (κ1) is 19.7. The first-order valence-corrected chi connectivity index (χ1v) is 8.76. The molecule has 3 rings (SSSR count). The quantitative estimate of drug-likeness (QED) is 0.571. The van der Waals surface area contributed by atoms with Crippen molar-refractivity contribution in [3.8, 4) is 11.5 Å². The van der Waals surface area contributed by atoms with Gasteiger partial charge >= 0.3 is 6.03 Å². The van der Waals surface area contributed by atoms with Gasteiger partial charge in [-0.25, -0.2) is 4.79 Å². The minimum Gasteiger partial charge on any atom is -0.493 e. The van der Waals surface area contributed by atoms with Gasteiger partial charge in [0, 0.05) is 15.6 Å². The highest BCUT2D eigenvalue weighted by Crippen LogP contribution is 2.32. The van der Waals surface area contributed by atoms with Crippen LogP contribution in [0.15, 0.2) is 42.0 Å². The van der Waals surface area contributed by atoms with Gasteiger partial charge < -0.3 is 9.47 Å². The molecule has 1 aliphatic rings. The number of benzene rings is 2. The zero-order chi connectivity index (χ0) is 20.3. The normalized spacial score (nSPS) is 13.7. The van der Waals surface area contributed by atoms with Gasteiger partial charge in [0.05, 0.1) is 7.11 Å². The molecule has 9 heteroatoms. The molecule has 2 aromatic carbocycles. The fourth-order valence-corrected chi connectivity index (χ4v) is 2.99. The summed E-state index contributed by atoms with van der Waals surface area (Å²) in [6.07, 6.45) is 1.34. The molecule has 1 heterocycles. The minimum absolute atomic E-state index is 0.127. The Labute approximate surface area is 170 Å². The highest BCUT2D eigenvalue weighted by molar-refractivity contribution is 6.36.